The van der Waals surface area contributed by atoms with Crippen LogP contribution in [0.4, 0.5) is 8.78 Å². The molecule has 0 aliphatic heterocycles. The van der Waals surface area contributed by atoms with E-state index in [1.54, 1.807) is 0 Å². The maximum absolute atomic E-state index is 15.0. The third kappa shape index (κ3) is 3.85. The normalized spacial score (nSPS) is 11.9. The van der Waals surface area contributed by atoms with Crippen LogP contribution in [0.1, 0.15) is 5.56 Å². The minimum atomic E-state index is -1.64. The Morgan fingerprint density at radius 1 is 0.697 bits per heavy atom. The summed E-state index contributed by atoms with van der Waals surface area (Å²) in [5, 5.41) is 4.18. The molecular formula is C29H25F2NSi. The van der Waals surface area contributed by atoms with Gasteiger partial charge in [-0.05, 0) is 59.2 Å². The van der Waals surface area contributed by atoms with E-state index < -0.39 is 19.7 Å². The number of aryl methyl sites for hydroxylation is 1. The van der Waals surface area contributed by atoms with Crippen LogP contribution in [0.3, 0.4) is 0 Å². The molecule has 0 N–H and O–H groups in total. The van der Waals surface area contributed by atoms with Crippen LogP contribution in [-0.2, 0) is 0 Å². The molecule has 0 amide bonds. The molecule has 0 aliphatic rings. The quantitative estimate of drug-likeness (QED) is 0.253. The average molecular weight is 454 g/mol. The third-order valence-electron chi connectivity index (χ3n) is 6.19. The predicted octanol–water partition coefficient (Wildman–Crippen LogP) is 7.85. The highest BCUT2D eigenvalue weighted by Crippen LogP contribution is 2.37. The van der Waals surface area contributed by atoms with Crippen molar-refractivity contribution in [2.24, 2.45) is 0 Å². The topological polar surface area (TPSA) is 12.9 Å². The SMILES string of the molecule is Cc1cc(-c2cc(-c3c(F)cccc3F)c3cc([Si](C)(C)C)ccc3n2)c2ccccc2c1. The van der Waals surface area contributed by atoms with Gasteiger partial charge in [0.05, 0.1) is 24.8 Å². The monoisotopic (exact) mass is 453 g/mol. The summed E-state index contributed by atoms with van der Waals surface area (Å²) in [6, 6.07) is 24.4. The molecule has 5 rings (SSSR count). The number of hydrogen-bond acceptors (Lipinski definition) is 1. The van der Waals surface area contributed by atoms with Crippen LogP contribution >= 0.6 is 0 Å². The van der Waals surface area contributed by atoms with E-state index in [-0.39, 0.29) is 5.56 Å². The Labute approximate surface area is 193 Å². The largest absolute Gasteiger partial charge is 0.248 e. The zero-order valence-corrected chi connectivity index (χ0v) is 20.2. The highest BCUT2D eigenvalue weighted by atomic mass is 28.3. The predicted molar refractivity (Wildman–Crippen MR) is 138 cm³/mol. The number of rotatable bonds is 3. The number of hydrogen-bond donors (Lipinski definition) is 0. The molecule has 0 unspecified atom stereocenters. The fraction of sp³-hybridized carbons (Fsp3) is 0.138. The Balaban J connectivity index is 1.89. The molecule has 0 saturated heterocycles. The van der Waals surface area contributed by atoms with Gasteiger partial charge in [-0.3, -0.25) is 0 Å². The van der Waals surface area contributed by atoms with Gasteiger partial charge in [0, 0.05) is 10.9 Å². The maximum atomic E-state index is 15.0. The van der Waals surface area contributed by atoms with Crippen molar-refractivity contribution in [2.75, 3.05) is 0 Å². The maximum Gasteiger partial charge on any atom is 0.133 e. The molecule has 1 aromatic heterocycles. The van der Waals surface area contributed by atoms with Gasteiger partial charge in [-0.25, -0.2) is 13.8 Å². The molecule has 164 valence electrons. The Hall–Kier alpha value is -3.37. The molecule has 0 saturated carbocycles. The van der Waals surface area contributed by atoms with Gasteiger partial charge in [0.15, 0.2) is 0 Å². The number of fused-ring (bicyclic) bond motifs is 2. The second kappa shape index (κ2) is 7.89. The molecule has 0 fully saturated rings. The lowest BCUT2D eigenvalue weighted by molar-refractivity contribution is 0.590. The highest BCUT2D eigenvalue weighted by molar-refractivity contribution is 6.88. The summed E-state index contributed by atoms with van der Waals surface area (Å²) in [6.07, 6.45) is 0. The van der Waals surface area contributed by atoms with Crippen molar-refractivity contribution in [2.45, 2.75) is 26.6 Å². The molecule has 33 heavy (non-hydrogen) atoms. The fourth-order valence-corrected chi connectivity index (χ4v) is 5.63. The molecule has 0 bridgehead atoms. The molecule has 4 heteroatoms. The standard InChI is InChI=1S/C29H25F2NSi/c1-18-14-19-8-5-6-9-21(19)22(15-18)28-17-24(29-25(30)10-7-11-26(29)31)23-16-20(33(2,3)4)12-13-27(23)32-28/h5-17H,1-4H3. The Bertz CT molecular complexity index is 1510. The van der Waals surface area contributed by atoms with Gasteiger partial charge in [-0.15, -0.1) is 0 Å². The summed E-state index contributed by atoms with van der Waals surface area (Å²) >= 11 is 0. The third-order valence-corrected chi connectivity index (χ3v) is 8.23. The number of benzene rings is 4. The molecule has 0 radical (unpaired) electrons. The molecule has 0 spiro atoms. The molecule has 5 aromatic rings. The Morgan fingerprint density at radius 2 is 1.42 bits per heavy atom. The first kappa shape index (κ1) is 21.5. The number of pyridine rings is 1. The summed E-state index contributed by atoms with van der Waals surface area (Å²) in [6.45, 7) is 8.84. The molecule has 0 atom stereocenters. The van der Waals surface area contributed by atoms with Crippen LogP contribution in [0.15, 0.2) is 78.9 Å². The Morgan fingerprint density at radius 3 is 2.15 bits per heavy atom. The van der Waals surface area contributed by atoms with E-state index in [1.165, 1.54) is 23.4 Å². The van der Waals surface area contributed by atoms with Crippen molar-refractivity contribution in [1.29, 1.82) is 0 Å². The van der Waals surface area contributed by atoms with Crippen LogP contribution in [0.5, 0.6) is 0 Å². The van der Waals surface area contributed by atoms with Crippen molar-refractivity contribution < 1.29 is 8.78 Å². The first-order valence-electron chi connectivity index (χ1n) is 11.1. The molecule has 1 nitrogen and oxygen atoms in total. The van der Waals surface area contributed by atoms with Gasteiger partial charge >= 0.3 is 0 Å². The van der Waals surface area contributed by atoms with E-state index >= 15 is 0 Å². The summed E-state index contributed by atoms with van der Waals surface area (Å²) in [5.41, 5.74) is 4.05. The minimum absolute atomic E-state index is 0.00386. The summed E-state index contributed by atoms with van der Waals surface area (Å²) < 4.78 is 30.0. The van der Waals surface area contributed by atoms with Crippen LogP contribution in [0, 0.1) is 18.6 Å². The van der Waals surface area contributed by atoms with E-state index in [2.05, 4.69) is 63.0 Å². The smallest absolute Gasteiger partial charge is 0.133 e. The summed E-state index contributed by atoms with van der Waals surface area (Å²) in [5.74, 6) is -1.14. The van der Waals surface area contributed by atoms with Crippen molar-refractivity contribution in [3.63, 3.8) is 0 Å². The van der Waals surface area contributed by atoms with E-state index in [4.69, 9.17) is 4.98 Å². The van der Waals surface area contributed by atoms with Crippen LogP contribution in [0.2, 0.25) is 19.6 Å². The lowest BCUT2D eigenvalue weighted by Crippen LogP contribution is -2.37. The second-order valence-corrected chi connectivity index (χ2v) is 14.7. The van der Waals surface area contributed by atoms with Gasteiger partial charge in [0.1, 0.15) is 11.6 Å². The highest BCUT2D eigenvalue weighted by Gasteiger charge is 2.21. The molecule has 0 aliphatic carbocycles. The van der Waals surface area contributed by atoms with Gasteiger partial charge in [0.25, 0.3) is 0 Å². The van der Waals surface area contributed by atoms with Crippen molar-refractivity contribution in [1.82, 2.24) is 4.98 Å². The minimum Gasteiger partial charge on any atom is -0.248 e. The zero-order valence-electron chi connectivity index (χ0n) is 19.2. The number of aromatic nitrogens is 1. The first-order chi connectivity index (χ1) is 15.7. The zero-order chi connectivity index (χ0) is 23.3. The van der Waals surface area contributed by atoms with Crippen LogP contribution in [-0.4, -0.2) is 13.1 Å². The van der Waals surface area contributed by atoms with Crippen LogP contribution in [0.25, 0.3) is 44.1 Å². The summed E-state index contributed by atoms with van der Waals surface area (Å²) in [4.78, 5) is 4.98. The Kier molecular flexibility index (Phi) is 5.13. The fourth-order valence-electron chi connectivity index (χ4n) is 4.46. The van der Waals surface area contributed by atoms with Gasteiger partial charge in [-0.2, -0.15) is 0 Å². The average Bonchev–Trinajstić information content (AvgIpc) is 2.77. The second-order valence-electron chi connectivity index (χ2n) is 9.67. The molecular weight excluding hydrogens is 428 g/mol. The number of nitrogens with zero attached hydrogens (tertiary/aromatic N) is 1. The van der Waals surface area contributed by atoms with Crippen LogP contribution < -0.4 is 5.19 Å². The van der Waals surface area contributed by atoms with E-state index in [0.29, 0.717) is 11.3 Å². The molecule has 1 heterocycles. The van der Waals surface area contributed by atoms with Gasteiger partial charge in [0.2, 0.25) is 0 Å². The summed E-state index contributed by atoms with van der Waals surface area (Å²) in [7, 11) is -1.64. The first-order valence-corrected chi connectivity index (χ1v) is 14.6. The lowest BCUT2D eigenvalue weighted by atomic mass is 9.94. The van der Waals surface area contributed by atoms with Crippen molar-refractivity contribution in [3.8, 4) is 22.4 Å². The van der Waals surface area contributed by atoms with Crippen molar-refractivity contribution in [3.05, 3.63) is 96.1 Å². The van der Waals surface area contributed by atoms with E-state index in [9.17, 15) is 8.78 Å². The van der Waals surface area contributed by atoms with E-state index in [1.807, 2.05) is 24.3 Å². The molecule has 4 aromatic carbocycles. The van der Waals surface area contributed by atoms with E-state index in [0.717, 1.165) is 32.8 Å². The van der Waals surface area contributed by atoms with Gasteiger partial charge < -0.3 is 0 Å². The lowest BCUT2D eigenvalue weighted by Gasteiger charge is -2.19. The van der Waals surface area contributed by atoms with Gasteiger partial charge in [-0.1, -0.05) is 73.4 Å². The van der Waals surface area contributed by atoms with Crippen molar-refractivity contribution >= 4 is 34.9 Å². The number of halogens is 2.